The summed E-state index contributed by atoms with van der Waals surface area (Å²) in [5.74, 6) is 1.02. The molecule has 4 nitrogen and oxygen atoms in total. The number of likely N-dealkylation sites (tertiary alicyclic amines) is 1. The molecule has 3 rings (SSSR count). The summed E-state index contributed by atoms with van der Waals surface area (Å²) in [6.45, 7) is 10.1. The van der Waals surface area contributed by atoms with Crippen molar-refractivity contribution in [1.29, 1.82) is 0 Å². The van der Waals surface area contributed by atoms with Crippen molar-refractivity contribution in [1.82, 2.24) is 14.9 Å². The Morgan fingerprint density at radius 3 is 2.75 bits per heavy atom. The average molecular weight is 290 g/mol. The van der Waals surface area contributed by atoms with E-state index in [0.717, 1.165) is 17.2 Å². The van der Waals surface area contributed by atoms with Gasteiger partial charge in [0.1, 0.15) is 17.0 Å². The lowest BCUT2D eigenvalue weighted by Gasteiger charge is -2.31. The highest BCUT2D eigenvalue weighted by Crippen LogP contribution is 2.33. The zero-order valence-corrected chi connectivity index (χ0v) is 13.3. The maximum absolute atomic E-state index is 4.49. The summed E-state index contributed by atoms with van der Waals surface area (Å²) in [5, 5.41) is 4.87. The van der Waals surface area contributed by atoms with Crippen molar-refractivity contribution in [2.75, 3.05) is 25.0 Å². The monoisotopic (exact) mass is 290 g/mol. The number of aromatic nitrogens is 2. The lowest BCUT2D eigenvalue weighted by Crippen LogP contribution is -2.39. The van der Waals surface area contributed by atoms with E-state index in [4.69, 9.17) is 0 Å². The van der Waals surface area contributed by atoms with Crippen molar-refractivity contribution >= 4 is 27.4 Å². The van der Waals surface area contributed by atoms with Crippen LogP contribution in [0.3, 0.4) is 0 Å². The molecule has 1 fully saturated rings. The number of piperidine rings is 1. The fourth-order valence-electron chi connectivity index (χ4n) is 2.88. The molecule has 108 valence electrons. The summed E-state index contributed by atoms with van der Waals surface area (Å²) in [6.07, 6.45) is 4.07. The number of rotatable bonds is 3. The minimum Gasteiger partial charge on any atom is -0.367 e. The van der Waals surface area contributed by atoms with Crippen molar-refractivity contribution in [3.8, 4) is 0 Å². The van der Waals surface area contributed by atoms with E-state index < -0.39 is 0 Å². The fraction of sp³-hybridized carbons (Fsp3) is 0.600. The van der Waals surface area contributed by atoms with Crippen LogP contribution in [-0.4, -0.2) is 40.5 Å². The second kappa shape index (κ2) is 5.66. The Morgan fingerprint density at radius 2 is 2.05 bits per heavy atom. The molecule has 20 heavy (non-hydrogen) atoms. The molecule has 0 saturated carbocycles. The third-order valence-electron chi connectivity index (χ3n) is 4.34. The van der Waals surface area contributed by atoms with Crippen LogP contribution in [0.4, 0.5) is 5.82 Å². The molecule has 0 atom stereocenters. The molecule has 0 radical (unpaired) electrons. The van der Waals surface area contributed by atoms with Crippen LogP contribution in [-0.2, 0) is 0 Å². The van der Waals surface area contributed by atoms with Crippen molar-refractivity contribution in [2.45, 2.75) is 39.7 Å². The van der Waals surface area contributed by atoms with Crippen molar-refractivity contribution in [3.63, 3.8) is 0 Å². The number of hydrogen-bond acceptors (Lipinski definition) is 5. The summed E-state index contributed by atoms with van der Waals surface area (Å²) in [4.78, 5) is 13.8. The third-order valence-corrected chi connectivity index (χ3v) is 5.46. The van der Waals surface area contributed by atoms with Crippen LogP contribution in [0.2, 0.25) is 0 Å². The van der Waals surface area contributed by atoms with Crippen molar-refractivity contribution in [2.24, 2.45) is 0 Å². The number of nitrogens with zero attached hydrogens (tertiary/aromatic N) is 3. The summed E-state index contributed by atoms with van der Waals surface area (Å²) in [5.41, 5.74) is 1.32. The second-order valence-electron chi connectivity index (χ2n) is 5.54. The molecule has 0 aromatic carbocycles. The minimum atomic E-state index is 0.538. The van der Waals surface area contributed by atoms with Gasteiger partial charge in [0.15, 0.2) is 0 Å². The molecule has 0 amide bonds. The molecule has 2 aromatic heterocycles. The Labute approximate surface area is 124 Å². The number of hydrogen-bond donors (Lipinski definition) is 1. The first-order chi connectivity index (χ1) is 9.69. The SMILES string of the molecule is CCN1CCC(Nc2ncnc3sc(C)c(C)c23)CC1. The third kappa shape index (κ3) is 2.52. The van der Waals surface area contributed by atoms with E-state index in [9.17, 15) is 0 Å². The van der Waals surface area contributed by atoms with Gasteiger partial charge >= 0.3 is 0 Å². The van der Waals surface area contributed by atoms with Crippen molar-refractivity contribution < 1.29 is 0 Å². The summed E-state index contributed by atoms with van der Waals surface area (Å²) in [7, 11) is 0. The van der Waals surface area contributed by atoms with Gasteiger partial charge in [0, 0.05) is 24.0 Å². The number of nitrogens with one attached hydrogen (secondary N) is 1. The van der Waals surface area contributed by atoms with E-state index >= 15 is 0 Å². The van der Waals surface area contributed by atoms with Crippen LogP contribution in [0.25, 0.3) is 10.2 Å². The van der Waals surface area contributed by atoms with Crippen LogP contribution in [0, 0.1) is 13.8 Å². The molecule has 3 heterocycles. The lowest BCUT2D eigenvalue weighted by atomic mass is 10.0. The Hall–Kier alpha value is -1.20. The second-order valence-corrected chi connectivity index (χ2v) is 6.74. The maximum atomic E-state index is 4.49. The molecule has 5 heteroatoms. The van der Waals surface area contributed by atoms with E-state index in [1.165, 1.54) is 41.8 Å². The quantitative estimate of drug-likeness (QED) is 0.942. The molecule has 2 aromatic rings. The Kier molecular flexibility index (Phi) is 3.89. The number of anilines is 1. The average Bonchev–Trinajstić information content (AvgIpc) is 2.76. The maximum Gasteiger partial charge on any atom is 0.138 e. The summed E-state index contributed by atoms with van der Waals surface area (Å²) < 4.78 is 0. The molecule has 1 saturated heterocycles. The molecule has 0 bridgehead atoms. The van der Waals surface area contributed by atoms with Gasteiger partial charge in [-0.3, -0.25) is 0 Å². The molecular weight excluding hydrogens is 268 g/mol. The Morgan fingerprint density at radius 1 is 1.30 bits per heavy atom. The van der Waals surface area contributed by atoms with Crippen LogP contribution in [0.1, 0.15) is 30.2 Å². The zero-order chi connectivity index (χ0) is 14.1. The molecule has 1 N–H and O–H groups in total. The topological polar surface area (TPSA) is 41.0 Å². The predicted octanol–water partition coefficient (Wildman–Crippen LogP) is 3.20. The highest BCUT2D eigenvalue weighted by molar-refractivity contribution is 7.18. The van der Waals surface area contributed by atoms with Gasteiger partial charge in [-0.1, -0.05) is 6.92 Å². The van der Waals surface area contributed by atoms with Crippen LogP contribution >= 0.6 is 11.3 Å². The molecular formula is C15H22N4S. The van der Waals surface area contributed by atoms with Gasteiger partial charge < -0.3 is 10.2 Å². The van der Waals surface area contributed by atoms with Gasteiger partial charge in [-0.25, -0.2) is 9.97 Å². The molecule has 0 aliphatic carbocycles. The van der Waals surface area contributed by atoms with Gasteiger partial charge in [-0.2, -0.15) is 0 Å². The normalized spacial score (nSPS) is 17.8. The van der Waals surface area contributed by atoms with Gasteiger partial charge in [0.05, 0.1) is 5.39 Å². The summed E-state index contributed by atoms with van der Waals surface area (Å²) in [6, 6.07) is 0.538. The molecule has 1 aliphatic rings. The first-order valence-electron chi connectivity index (χ1n) is 7.38. The van der Waals surface area contributed by atoms with Gasteiger partial charge in [0.25, 0.3) is 0 Å². The van der Waals surface area contributed by atoms with Crippen LogP contribution in [0.15, 0.2) is 6.33 Å². The fourth-order valence-corrected chi connectivity index (χ4v) is 3.88. The van der Waals surface area contributed by atoms with Gasteiger partial charge in [-0.15, -0.1) is 11.3 Å². The number of thiophene rings is 1. The van der Waals surface area contributed by atoms with Crippen LogP contribution in [0.5, 0.6) is 0 Å². The minimum absolute atomic E-state index is 0.538. The molecule has 0 spiro atoms. The van der Waals surface area contributed by atoms with Crippen LogP contribution < -0.4 is 5.32 Å². The standard InChI is InChI=1S/C15H22N4S/c1-4-19-7-5-12(6-8-19)18-14-13-10(2)11(3)20-15(13)17-9-16-14/h9,12H,4-8H2,1-3H3,(H,16,17,18). The lowest BCUT2D eigenvalue weighted by molar-refractivity contribution is 0.229. The zero-order valence-electron chi connectivity index (χ0n) is 12.4. The van der Waals surface area contributed by atoms with Gasteiger partial charge in [-0.05, 0) is 38.8 Å². The van der Waals surface area contributed by atoms with E-state index in [0.29, 0.717) is 6.04 Å². The van der Waals surface area contributed by atoms with Crippen molar-refractivity contribution in [3.05, 3.63) is 16.8 Å². The largest absolute Gasteiger partial charge is 0.367 e. The van der Waals surface area contributed by atoms with Gasteiger partial charge in [0.2, 0.25) is 0 Å². The van der Waals surface area contributed by atoms with E-state index in [1.54, 1.807) is 17.7 Å². The summed E-state index contributed by atoms with van der Waals surface area (Å²) >= 11 is 1.76. The molecule has 0 unspecified atom stereocenters. The Balaban J connectivity index is 1.81. The van der Waals surface area contributed by atoms with E-state index in [2.05, 4.69) is 41.0 Å². The smallest absolute Gasteiger partial charge is 0.138 e. The predicted molar refractivity (Wildman–Crippen MR) is 85.6 cm³/mol. The Bertz CT molecular complexity index is 599. The number of fused-ring (bicyclic) bond motifs is 1. The van der Waals surface area contributed by atoms with E-state index in [1.807, 2.05) is 0 Å². The highest BCUT2D eigenvalue weighted by Gasteiger charge is 2.20. The first kappa shape index (κ1) is 13.8. The number of aryl methyl sites for hydroxylation is 2. The highest BCUT2D eigenvalue weighted by atomic mass is 32.1. The van der Waals surface area contributed by atoms with E-state index in [-0.39, 0.29) is 0 Å². The molecule has 1 aliphatic heterocycles. The first-order valence-corrected chi connectivity index (χ1v) is 8.20.